The van der Waals surface area contributed by atoms with Gasteiger partial charge in [0.05, 0.1) is 10.6 Å². The van der Waals surface area contributed by atoms with Crippen LogP contribution in [0.4, 0.5) is 5.69 Å². The number of hydrogen-bond donors (Lipinski definition) is 1. The first kappa shape index (κ1) is 16.8. The van der Waals surface area contributed by atoms with Crippen molar-refractivity contribution in [2.75, 3.05) is 5.73 Å². The van der Waals surface area contributed by atoms with Gasteiger partial charge in [-0.3, -0.25) is 4.57 Å². The first-order chi connectivity index (χ1) is 12.8. The van der Waals surface area contributed by atoms with Gasteiger partial charge in [0.2, 0.25) is 0 Å². The molecule has 2 N–H and O–H groups in total. The van der Waals surface area contributed by atoms with E-state index < -0.39 is 0 Å². The molecule has 26 heavy (non-hydrogen) atoms. The maximum absolute atomic E-state index is 6.37. The van der Waals surface area contributed by atoms with Gasteiger partial charge in [-0.25, -0.2) is 4.98 Å². The molecule has 3 aromatic heterocycles. The highest BCUT2D eigenvalue weighted by atomic mass is 32.2. The van der Waals surface area contributed by atoms with E-state index in [0.29, 0.717) is 12.2 Å². The molecule has 0 amide bonds. The SMILES string of the molecule is C=CCn1c(SCc2ccccc2)nnc1-c1sc2ncccc2c1N. The standard InChI is InChI=1S/C19H17N5S2/c1-2-11-24-17(16-15(20)14-9-6-10-21-18(14)26-16)22-23-19(24)25-12-13-7-4-3-5-8-13/h2-10H,1,11-12,20H2. The van der Waals surface area contributed by atoms with E-state index in [1.54, 1.807) is 29.3 Å². The normalized spacial score (nSPS) is 11.1. The number of nitrogen functional groups attached to an aromatic ring is 1. The van der Waals surface area contributed by atoms with Crippen molar-refractivity contribution in [2.24, 2.45) is 0 Å². The van der Waals surface area contributed by atoms with Crippen LogP contribution in [0.3, 0.4) is 0 Å². The van der Waals surface area contributed by atoms with Gasteiger partial charge >= 0.3 is 0 Å². The van der Waals surface area contributed by atoms with Crippen LogP contribution in [-0.2, 0) is 12.3 Å². The van der Waals surface area contributed by atoms with Crippen molar-refractivity contribution in [1.29, 1.82) is 0 Å². The number of hydrogen-bond acceptors (Lipinski definition) is 6. The largest absolute Gasteiger partial charge is 0.397 e. The average molecular weight is 380 g/mol. The van der Waals surface area contributed by atoms with Crippen LogP contribution in [0.15, 0.2) is 66.5 Å². The number of thioether (sulfide) groups is 1. The number of nitrogens with zero attached hydrogens (tertiary/aromatic N) is 4. The second-order valence-corrected chi connectivity index (χ2v) is 7.62. The molecule has 0 saturated heterocycles. The molecule has 0 aliphatic rings. The third-order valence-corrected chi connectivity index (χ3v) is 6.11. The lowest BCUT2D eigenvalue weighted by Crippen LogP contribution is -2.01. The zero-order chi connectivity index (χ0) is 17.9. The molecule has 1 aromatic carbocycles. The molecule has 4 aromatic rings. The minimum absolute atomic E-state index is 0.626. The van der Waals surface area contributed by atoms with Gasteiger partial charge in [0.15, 0.2) is 11.0 Å². The summed E-state index contributed by atoms with van der Waals surface area (Å²) in [4.78, 5) is 6.21. The van der Waals surface area contributed by atoms with Crippen molar-refractivity contribution >= 4 is 39.0 Å². The van der Waals surface area contributed by atoms with Gasteiger partial charge in [0.25, 0.3) is 0 Å². The van der Waals surface area contributed by atoms with Crippen molar-refractivity contribution < 1.29 is 0 Å². The van der Waals surface area contributed by atoms with Gasteiger partial charge < -0.3 is 5.73 Å². The quantitative estimate of drug-likeness (QED) is 0.391. The summed E-state index contributed by atoms with van der Waals surface area (Å²) in [5.41, 5.74) is 8.32. The van der Waals surface area contributed by atoms with Gasteiger partial charge in [0, 0.05) is 23.9 Å². The fraction of sp³-hybridized carbons (Fsp3) is 0.105. The van der Waals surface area contributed by atoms with Crippen LogP contribution in [-0.4, -0.2) is 19.7 Å². The van der Waals surface area contributed by atoms with Crippen molar-refractivity contribution in [3.63, 3.8) is 0 Å². The third kappa shape index (κ3) is 3.11. The predicted octanol–water partition coefficient (Wildman–Crippen LogP) is 4.62. The number of nitrogens with two attached hydrogens (primary N) is 1. The number of thiophene rings is 1. The molecule has 7 heteroatoms. The summed E-state index contributed by atoms with van der Waals surface area (Å²) >= 11 is 3.20. The third-order valence-electron chi connectivity index (χ3n) is 3.95. The molecule has 0 atom stereocenters. The Bertz CT molecular complexity index is 1050. The molecule has 0 saturated carbocycles. The molecule has 0 aliphatic carbocycles. The van der Waals surface area contributed by atoms with Crippen LogP contribution in [0.2, 0.25) is 0 Å². The van der Waals surface area contributed by atoms with Crippen LogP contribution in [0.5, 0.6) is 0 Å². The molecule has 0 radical (unpaired) electrons. The second kappa shape index (κ2) is 7.31. The lowest BCUT2D eigenvalue weighted by Gasteiger charge is -2.07. The Balaban J connectivity index is 1.71. The summed E-state index contributed by atoms with van der Waals surface area (Å²) < 4.78 is 2.06. The number of pyridine rings is 1. The van der Waals surface area contributed by atoms with Gasteiger partial charge in [-0.15, -0.1) is 28.1 Å². The molecular formula is C19H17N5S2. The number of benzene rings is 1. The number of allylic oxidation sites excluding steroid dienone is 1. The van der Waals surface area contributed by atoms with Gasteiger partial charge in [-0.05, 0) is 17.7 Å². The number of rotatable bonds is 6. The fourth-order valence-corrected chi connectivity index (χ4v) is 4.66. The lowest BCUT2D eigenvalue weighted by atomic mass is 10.2. The van der Waals surface area contributed by atoms with E-state index in [4.69, 9.17) is 5.73 Å². The Kier molecular flexibility index (Phi) is 4.73. The van der Waals surface area contributed by atoms with Crippen LogP contribution >= 0.6 is 23.1 Å². The second-order valence-electron chi connectivity index (χ2n) is 5.68. The van der Waals surface area contributed by atoms with Crippen LogP contribution < -0.4 is 5.73 Å². The summed E-state index contributed by atoms with van der Waals surface area (Å²) in [6, 6.07) is 14.2. The van der Waals surface area contributed by atoms with Gasteiger partial charge in [0.1, 0.15) is 4.83 Å². The van der Waals surface area contributed by atoms with E-state index in [9.17, 15) is 0 Å². The maximum Gasteiger partial charge on any atom is 0.192 e. The van der Waals surface area contributed by atoms with Crippen molar-refractivity contribution in [1.82, 2.24) is 19.7 Å². The summed E-state index contributed by atoms with van der Waals surface area (Å²) in [6.07, 6.45) is 3.62. The summed E-state index contributed by atoms with van der Waals surface area (Å²) in [5, 5.41) is 10.6. The molecule has 4 rings (SSSR count). The minimum Gasteiger partial charge on any atom is -0.397 e. The van der Waals surface area contributed by atoms with E-state index in [-0.39, 0.29) is 0 Å². The zero-order valence-electron chi connectivity index (χ0n) is 14.0. The first-order valence-corrected chi connectivity index (χ1v) is 9.92. The zero-order valence-corrected chi connectivity index (χ0v) is 15.6. The molecule has 0 bridgehead atoms. The number of aromatic nitrogens is 4. The average Bonchev–Trinajstić information content (AvgIpc) is 3.22. The van der Waals surface area contributed by atoms with Crippen LogP contribution in [0.1, 0.15) is 5.56 Å². The predicted molar refractivity (Wildman–Crippen MR) is 109 cm³/mol. The number of anilines is 1. The van der Waals surface area contributed by atoms with Gasteiger partial charge in [-0.2, -0.15) is 0 Å². The topological polar surface area (TPSA) is 69.6 Å². The van der Waals surface area contributed by atoms with E-state index in [1.165, 1.54) is 5.56 Å². The van der Waals surface area contributed by atoms with E-state index in [2.05, 4.69) is 38.5 Å². The molecule has 0 aliphatic heterocycles. The Labute approximate surface area is 159 Å². The lowest BCUT2D eigenvalue weighted by molar-refractivity contribution is 0.732. The Morgan fingerprint density at radius 3 is 2.77 bits per heavy atom. The van der Waals surface area contributed by atoms with Gasteiger partial charge in [-0.1, -0.05) is 48.2 Å². The highest BCUT2D eigenvalue weighted by molar-refractivity contribution is 7.98. The van der Waals surface area contributed by atoms with Crippen LogP contribution in [0, 0.1) is 0 Å². The van der Waals surface area contributed by atoms with E-state index >= 15 is 0 Å². The molecule has 130 valence electrons. The highest BCUT2D eigenvalue weighted by Gasteiger charge is 2.20. The summed E-state index contributed by atoms with van der Waals surface area (Å²) in [5.74, 6) is 1.60. The molecule has 0 fully saturated rings. The Morgan fingerprint density at radius 2 is 2.00 bits per heavy atom. The molecule has 0 spiro atoms. The van der Waals surface area contributed by atoms with Crippen molar-refractivity contribution in [3.8, 4) is 10.7 Å². The molecule has 3 heterocycles. The van der Waals surface area contributed by atoms with E-state index in [0.717, 1.165) is 31.8 Å². The molecular weight excluding hydrogens is 362 g/mol. The van der Waals surface area contributed by atoms with Crippen molar-refractivity contribution in [2.45, 2.75) is 17.5 Å². The Morgan fingerprint density at radius 1 is 1.15 bits per heavy atom. The minimum atomic E-state index is 0.626. The summed E-state index contributed by atoms with van der Waals surface area (Å²) in [7, 11) is 0. The highest BCUT2D eigenvalue weighted by Crippen LogP contribution is 2.40. The molecule has 0 unspecified atom stereocenters. The Hall–Kier alpha value is -2.64. The van der Waals surface area contributed by atoms with Crippen molar-refractivity contribution in [3.05, 3.63) is 66.9 Å². The smallest absolute Gasteiger partial charge is 0.192 e. The first-order valence-electron chi connectivity index (χ1n) is 8.12. The maximum atomic E-state index is 6.37. The van der Waals surface area contributed by atoms with E-state index in [1.807, 2.05) is 36.4 Å². The monoisotopic (exact) mass is 379 g/mol. The summed E-state index contributed by atoms with van der Waals surface area (Å²) in [6.45, 7) is 4.49. The van der Waals surface area contributed by atoms with Crippen LogP contribution in [0.25, 0.3) is 20.9 Å². The fourth-order valence-electron chi connectivity index (χ4n) is 2.70. The molecule has 5 nitrogen and oxygen atoms in total. The number of fused-ring (bicyclic) bond motifs is 1.